The van der Waals surface area contributed by atoms with E-state index in [0.29, 0.717) is 16.9 Å². The number of nitrogens with zero attached hydrogens (tertiary/aromatic N) is 2. The average molecular weight is 357 g/mol. The number of amides is 1. The number of hydrogen-bond donors (Lipinski definition) is 1. The van der Waals surface area contributed by atoms with E-state index in [-0.39, 0.29) is 11.7 Å². The van der Waals surface area contributed by atoms with Crippen LogP contribution in [0, 0.1) is 12.7 Å². The zero-order valence-corrected chi connectivity index (χ0v) is 14.2. The molecule has 24 heavy (non-hydrogen) atoms. The highest BCUT2D eigenvalue weighted by atomic mass is 32.1. The second-order valence-corrected chi connectivity index (χ2v) is 7.08. The van der Waals surface area contributed by atoms with E-state index in [1.54, 1.807) is 40.2 Å². The van der Waals surface area contributed by atoms with E-state index in [4.69, 9.17) is 0 Å². The summed E-state index contributed by atoms with van der Waals surface area (Å²) in [5, 5.41) is 6.47. The van der Waals surface area contributed by atoms with Gasteiger partial charge in [0.1, 0.15) is 17.2 Å². The van der Waals surface area contributed by atoms with E-state index in [2.05, 4.69) is 10.3 Å². The van der Waals surface area contributed by atoms with Crippen molar-refractivity contribution in [2.75, 3.05) is 5.32 Å². The Morgan fingerprint density at radius 2 is 2.17 bits per heavy atom. The van der Waals surface area contributed by atoms with Gasteiger partial charge in [0, 0.05) is 17.3 Å². The summed E-state index contributed by atoms with van der Waals surface area (Å²) in [7, 11) is 0. The number of aryl methyl sites for hydroxylation is 1. The van der Waals surface area contributed by atoms with E-state index >= 15 is 0 Å². The Hall–Kier alpha value is -2.51. The molecule has 4 aromatic rings. The third-order valence-electron chi connectivity index (χ3n) is 3.65. The fraction of sp³-hybridized carbons (Fsp3) is 0.0588. The number of benzene rings is 1. The lowest BCUT2D eigenvalue weighted by Crippen LogP contribution is -2.14. The number of aromatic nitrogens is 2. The number of carbonyl (C=O) groups excluding carboxylic acids is 1. The van der Waals surface area contributed by atoms with Crippen LogP contribution in [-0.4, -0.2) is 15.3 Å². The van der Waals surface area contributed by atoms with Gasteiger partial charge in [0.25, 0.3) is 5.91 Å². The predicted octanol–water partition coefficient (Wildman–Crippen LogP) is 4.82. The van der Waals surface area contributed by atoms with Crippen LogP contribution in [0.3, 0.4) is 0 Å². The van der Waals surface area contributed by atoms with E-state index in [1.165, 1.54) is 17.4 Å². The quantitative estimate of drug-likeness (QED) is 0.571. The van der Waals surface area contributed by atoms with Gasteiger partial charge >= 0.3 is 0 Å². The lowest BCUT2D eigenvalue weighted by molar-refractivity contribution is 0.102. The molecule has 0 atom stereocenters. The Labute approximate surface area is 145 Å². The minimum Gasteiger partial charge on any atom is -0.321 e. The van der Waals surface area contributed by atoms with Crippen molar-refractivity contribution in [3.8, 4) is 10.6 Å². The third kappa shape index (κ3) is 2.61. The Kier molecular flexibility index (Phi) is 3.66. The Morgan fingerprint density at radius 3 is 2.92 bits per heavy atom. The van der Waals surface area contributed by atoms with Crippen LogP contribution in [0.4, 0.5) is 10.1 Å². The van der Waals surface area contributed by atoms with Crippen LogP contribution in [0.2, 0.25) is 0 Å². The lowest BCUT2D eigenvalue weighted by Gasteiger charge is -2.05. The molecule has 0 aliphatic rings. The predicted molar refractivity (Wildman–Crippen MR) is 95.5 cm³/mol. The number of carbonyl (C=O) groups is 1. The minimum atomic E-state index is -0.342. The van der Waals surface area contributed by atoms with Crippen LogP contribution in [0.25, 0.3) is 15.5 Å². The van der Waals surface area contributed by atoms with Gasteiger partial charge in [0.15, 0.2) is 4.96 Å². The Balaban J connectivity index is 1.65. The van der Waals surface area contributed by atoms with Gasteiger partial charge < -0.3 is 5.32 Å². The molecule has 1 aromatic carbocycles. The summed E-state index contributed by atoms with van der Waals surface area (Å²) in [5.41, 5.74) is 2.29. The van der Waals surface area contributed by atoms with Crippen molar-refractivity contribution in [2.24, 2.45) is 0 Å². The molecular weight excluding hydrogens is 345 g/mol. The Bertz CT molecular complexity index is 1030. The first-order chi connectivity index (χ1) is 11.6. The number of thiophene rings is 1. The molecule has 0 radical (unpaired) electrons. The van der Waals surface area contributed by atoms with E-state index < -0.39 is 0 Å². The molecular formula is C17H12FN3OS2. The molecule has 3 aromatic heterocycles. The van der Waals surface area contributed by atoms with Crippen LogP contribution in [-0.2, 0) is 0 Å². The van der Waals surface area contributed by atoms with Crippen LogP contribution in [0.15, 0.2) is 47.3 Å². The Morgan fingerprint density at radius 1 is 1.29 bits per heavy atom. The number of halogens is 1. The van der Waals surface area contributed by atoms with Gasteiger partial charge in [-0.05, 0) is 36.1 Å². The van der Waals surface area contributed by atoms with Crippen LogP contribution >= 0.6 is 22.7 Å². The number of rotatable bonds is 3. The SMILES string of the molecule is Cc1ccc(NC(=O)c2csc3nc(-c4cccs4)cn23)cc1F. The van der Waals surface area contributed by atoms with Crippen molar-refractivity contribution >= 4 is 39.2 Å². The standard InChI is InChI=1S/C17H12FN3OS2/c1-10-4-5-11(7-12(10)18)19-16(22)14-9-24-17-20-13(8-21(14)17)15-3-2-6-23-15/h2-9H,1H3,(H,19,22). The summed E-state index contributed by atoms with van der Waals surface area (Å²) < 4.78 is 15.4. The highest BCUT2D eigenvalue weighted by Crippen LogP contribution is 2.27. The molecule has 0 saturated heterocycles. The number of anilines is 1. The molecule has 3 heterocycles. The topological polar surface area (TPSA) is 46.4 Å². The van der Waals surface area contributed by atoms with Gasteiger partial charge in [-0.3, -0.25) is 9.20 Å². The summed E-state index contributed by atoms with van der Waals surface area (Å²) >= 11 is 3.00. The molecule has 1 N–H and O–H groups in total. The van der Waals surface area contributed by atoms with Crippen LogP contribution in [0.5, 0.6) is 0 Å². The highest BCUT2D eigenvalue weighted by Gasteiger charge is 2.16. The zero-order chi connectivity index (χ0) is 16.7. The van der Waals surface area contributed by atoms with Crippen LogP contribution < -0.4 is 5.32 Å². The van der Waals surface area contributed by atoms with Crippen molar-refractivity contribution in [1.29, 1.82) is 0 Å². The second kappa shape index (κ2) is 5.85. The fourth-order valence-corrected chi connectivity index (χ4v) is 3.89. The molecule has 7 heteroatoms. The van der Waals surface area contributed by atoms with E-state index in [0.717, 1.165) is 15.5 Å². The summed E-state index contributed by atoms with van der Waals surface area (Å²) in [4.78, 5) is 18.9. The molecule has 0 fully saturated rings. The number of imidazole rings is 1. The molecule has 120 valence electrons. The van der Waals surface area contributed by atoms with Gasteiger partial charge in [-0.15, -0.1) is 22.7 Å². The number of thiazole rings is 1. The van der Waals surface area contributed by atoms with Gasteiger partial charge in [-0.25, -0.2) is 9.37 Å². The smallest absolute Gasteiger partial charge is 0.273 e. The van der Waals surface area contributed by atoms with Crippen molar-refractivity contribution in [2.45, 2.75) is 6.92 Å². The first-order valence-electron chi connectivity index (χ1n) is 7.20. The van der Waals surface area contributed by atoms with Crippen molar-refractivity contribution < 1.29 is 9.18 Å². The van der Waals surface area contributed by atoms with Crippen molar-refractivity contribution in [1.82, 2.24) is 9.38 Å². The average Bonchev–Trinajstić information content (AvgIpc) is 3.25. The zero-order valence-electron chi connectivity index (χ0n) is 12.6. The van der Waals surface area contributed by atoms with Gasteiger partial charge in [-0.1, -0.05) is 12.1 Å². The monoisotopic (exact) mass is 357 g/mol. The normalized spacial score (nSPS) is 11.1. The van der Waals surface area contributed by atoms with E-state index in [1.807, 2.05) is 23.7 Å². The highest BCUT2D eigenvalue weighted by molar-refractivity contribution is 7.15. The van der Waals surface area contributed by atoms with Gasteiger partial charge in [0.2, 0.25) is 0 Å². The first-order valence-corrected chi connectivity index (χ1v) is 8.96. The van der Waals surface area contributed by atoms with Gasteiger partial charge in [0.05, 0.1) is 4.88 Å². The first kappa shape index (κ1) is 15.0. The molecule has 0 unspecified atom stereocenters. The maximum absolute atomic E-state index is 13.6. The molecule has 0 bridgehead atoms. The van der Waals surface area contributed by atoms with Crippen molar-refractivity contribution in [3.05, 3.63) is 64.4 Å². The van der Waals surface area contributed by atoms with Crippen molar-refractivity contribution in [3.63, 3.8) is 0 Å². The van der Waals surface area contributed by atoms with Gasteiger partial charge in [-0.2, -0.15) is 0 Å². The molecule has 0 saturated carbocycles. The number of nitrogens with one attached hydrogen (secondary N) is 1. The summed E-state index contributed by atoms with van der Waals surface area (Å²) in [6.45, 7) is 1.68. The molecule has 4 nitrogen and oxygen atoms in total. The summed E-state index contributed by atoms with van der Waals surface area (Å²) in [6, 6.07) is 8.60. The lowest BCUT2D eigenvalue weighted by atomic mass is 10.2. The number of fused-ring (bicyclic) bond motifs is 1. The molecule has 0 aliphatic carbocycles. The fourth-order valence-electron chi connectivity index (χ4n) is 2.36. The maximum atomic E-state index is 13.6. The molecule has 4 rings (SSSR count). The molecule has 0 spiro atoms. The largest absolute Gasteiger partial charge is 0.321 e. The maximum Gasteiger partial charge on any atom is 0.273 e. The summed E-state index contributed by atoms with van der Waals surface area (Å²) in [5.74, 6) is -0.634. The minimum absolute atomic E-state index is 0.292. The molecule has 0 aliphatic heterocycles. The second-order valence-electron chi connectivity index (χ2n) is 5.30. The summed E-state index contributed by atoms with van der Waals surface area (Å²) in [6.07, 6.45) is 1.85. The van der Waals surface area contributed by atoms with Crippen LogP contribution in [0.1, 0.15) is 16.1 Å². The van der Waals surface area contributed by atoms with E-state index in [9.17, 15) is 9.18 Å². The molecule has 1 amide bonds. The third-order valence-corrected chi connectivity index (χ3v) is 5.38. The number of hydrogen-bond acceptors (Lipinski definition) is 4.